The number of alkyl halides is 3. The molecule has 0 bridgehead atoms. The Kier molecular flexibility index (Phi) is 11.4. The Bertz CT molecular complexity index is 1300. The maximum absolute atomic E-state index is 14.1. The van der Waals surface area contributed by atoms with Gasteiger partial charge in [0.2, 0.25) is 0 Å². The molecule has 0 radical (unpaired) electrons. The molecule has 13 heteroatoms. The molecule has 2 amide bonds. The first kappa shape index (κ1) is 31.8. The summed E-state index contributed by atoms with van der Waals surface area (Å²) < 4.78 is 57.7. The van der Waals surface area contributed by atoms with E-state index in [2.05, 4.69) is 10.6 Å². The molecule has 3 aromatic rings. The largest absolute Gasteiger partial charge is 0.620 e. The number of halogens is 6. The first-order valence-electron chi connectivity index (χ1n) is 10.6. The Morgan fingerprint density at radius 1 is 1.08 bits per heavy atom. The number of hydrogen-bond acceptors (Lipinski definition) is 4. The number of rotatable bonds is 8. The monoisotopic (exact) mass is 671 g/mol. The number of aliphatic hydroxyl groups excluding tert-OH is 1. The van der Waals surface area contributed by atoms with Gasteiger partial charge in [-0.2, -0.15) is 13.2 Å². The van der Waals surface area contributed by atoms with Gasteiger partial charge in [0.25, 0.3) is 5.91 Å². The van der Waals surface area contributed by atoms with Crippen molar-refractivity contribution in [1.82, 2.24) is 5.32 Å². The van der Waals surface area contributed by atoms with Gasteiger partial charge in [-0.05, 0) is 48.9 Å². The van der Waals surface area contributed by atoms with Gasteiger partial charge in [-0.1, -0.05) is 47.1 Å². The standard InChI is InChI=1S/C25H20Cl2F4N2O4.Cd/c1-13(11-34)32-23(35)15-5-7-17(26)16(9-15)14-6-8-20(21(10-14)37-12-25(29,30)31)33-24(36)22-18(27)3-2-4-19(22)28;/h2-10,13,34H,11-12H2,1H3,(H2,32,33,35,36);/p-1/t13-;/m0./s1. The fraction of sp³-hybridized carbons (Fsp3) is 0.200. The summed E-state index contributed by atoms with van der Waals surface area (Å²) in [6.07, 6.45) is -4.70. The van der Waals surface area contributed by atoms with Crippen LogP contribution >= 0.6 is 23.2 Å². The van der Waals surface area contributed by atoms with E-state index in [0.29, 0.717) is 0 Å². The molecule has 0 aliphatic rings. The molecule has 3 aromatic carbocycles. The predicted molar refractivity (Wildman–Crippen MR) is 131 cm³/mol. The van der Waals surface area contributed by atoms with Crippen molar-refractivity contribution in [1.29, 1.82) is 0 Å². The van der Waals surface area contributed by atoms with Crippen LogP contribution in [-0.4, -0.2) is 42.4 Å². The molecule has 0 saturated carbocycles. The summed E-state index contributed by atoms with van der Waals surface area (Å²) in [4.78, 5) is 25.0. The van der Waals surface area contributed by atoms with Gasteiger partial charge in [0.15, 0.2) is 6.61 Å². The van der Waals surface area contributed by atoms with E-state index in [1.54, 1.807) is 6.92 Å². The molecule has 6 nitrogen and oxygen atoms in total. The molecular formula is C25H19CdCl2F4N2O4-. The van der Waals surface area contributed by atoms with Crippen LogP contribution in [0.1, 0.15) is 27.6 Å². The van der Waals surface area contributed by atoms with Crippen molar-refractivity contribution in [3.05, 3.63) is 86.9 Å². The third-order valence-electron chi connectivity index (χ3n) is 4.94. The summed E-state index contributed by atoms with van der Waals surface area (Å²) in [5.41, 5.74) is -0.149. The minimum Gasteiger partial charge on any atom is -0.620 e. The molecule has 0 heterocycles. The van der Waals surface area contributed by atoms with Crippen molar-refractivity contribution in [2.75, 3.05) is 13.2 Å². The number of benzene rings is 3. The number of aliphatic hydroxyl groups is 1. The third-order valence-corrected chi connectivity index (χ3v) is 5.59. The van der Waals surface area contributed by atoms with E-state index in [1.807, 2.05) is 0 Å². The van der Waals surface area contributed by atoms with Crippen LogP contribution in [0.25, 0.3) is 16.4 Å². The van der Waals surface area contributed by atoms with Gasteiger partial charge in [0, 0.05) is 49.5 Å². The van der Waals surface area contributed by atoms with Crippen LogP contribution in [-0.2, 0) is 27.3 Å². The topological polar surface area (TPSA) is 89.7 Å². The SMILES string of the molecule is C[C@@H](CO)NC(=O)c1ccc(Cl)c(-c2ccc([N-]C(=O)c3c(F)cccc3Cl)c(OCC(F)(F)F)c2)c1.[Cd]. The van der Waals surface area contributed by atoms with Crippen molar-refractivity contribution in [2.24, 2.45) is 0 Å². The van der Waals surface area contributed by atoms with Gasteiger partial charge in [-0.3, -0.25) is 4.79 Å². The molecule has 2 N–H and O–H groups in total. The molecule has 3 rings (SSSR count). The molecule has 198 valence electrons. The van der Waals surface area contributed by atoms with Crippen LogP contribution in [0.4, 0.5) is 23.2 Å². The molecule has 0 unspecified atom stereocenters. The van der Waals surface area contributed by atoms with Crippen molar-refractivity contribution >= 4 is 40.7 Å². The molecule has 0 spiro atoms. The van der Waals surface area contributed by atoms with Crippen molar-refractivity contribution in [3.63, 3.8) is 0 Å². The van der Waals surface area contributed by atoms with E-state index in [4.69, 9.17) is 33.0 Å². The zero-order chi connectivity index (χ0) is 27.3. The normalized spacial score (nSPS) is 11.8. The summed E-state index contributed by atoms with van der Waals surface area (Å²) in [6, 6.07) is 11.1. The second kappa shape index (κ2) is 13.6. The van der Waals surface area contributed by atoms with Gasteiger partial charge >= 0.3 is 6.18 Å². The predicted octanol–water partition coefficient (Wildman–Crippen LogP) is 6.69. The zero-order valence-corrected chi connectivity index (χ0v) is 25.3. The molecule has 0 aliphatic heterocycles. The fourth-order valence-corrected chi connectivity index (χ4v) is 3.63. The molecule has 1 atom stereocenters. The van der Waals surface area contributed by atoms with Crippen molar-refractivity contribution in [3.8, 4) is 16.9 Å². The first-order valence-corrected chi connectivity index (χ1v) is 11.4. The molecule has 0 aliphatic carbocycles. The summed E-state index contributed by atoms with van der Waals surface area (Å²) in [6.45, 7) is -0.381. The third kappa shape index (κ3) is 8.29. The fourth-order valence-electron chi connectivity index (χ4n) is 3.16. The maximum atomic E-state index is 14.1. The van der Waals surface area contributed by atoms with Crippen LogP contribution in [0.15, 0.2) is 54.6 Å². The van der Waals surface area contributed by atoms with E-state index in [1.165, 1.54) is 48.5 Å². The summed E-state index contributed by atoms with van der Waals surface area (Å²) in [5.74, 6) is -3.02. The van der Waals surface area contributed by atoms with Crippen LogP contribution in [0.3, 0.4) is 0 Å². The van der Waals surface area contributed by atoms with Gasteiger partial charge in [-0.15, -0.1) is 0 Å². The summed E-state index contributed by atoms with van der Waals surface area (Å²) in [5, 5.41) is 15.4. The second-order valence-corrected chi connectivity index (χ2v) is 8.67. The smallest absolute Gasteiger partial charge is 0.422 e. The summed E-state index contributed by atoms with van der Waals surface area (Å²) >= 11 is 12.2. The minimum absolute atomic E-state index is 0. The van der Waals surface area contributed by atoms with Crippen LogP contribution in [0.2, 0.25) is 10.0 Å². The molecule has 0 aromatic heterocycles. The van der Waals surface area contributed by atoms with E-state index in [0.717, 1.165) is 6.07 Å². The quantitative estimate of drug-likeness (QED) is 0.207. The van der Waals surface area contributed by atoms with E-state index < -0.39 is 47.8 Å². The molecule has 0 saturated heterocycles. The number of ether oxygens (including phenoxy) is 1. The Balaban J connectivity index is 0.00000507. The average molecular weight is 671 g/mol. The van der Waals surface area contributed by atoms with Gasteiger partial charge < -0.3 is 25.3 Å². The molecular weight excluding hydrogens is 652 g/mol. The molecule has 0 fully saturated rings. The van der Waals surface area contributed by atoms with Gasteiger partial charge in [0.1, 0.15) is 11.6 Å². The van der Waals surface area contributed by atoms with Crippen molar-refractivity contribution in [2.45, 2.75) is 19.1 Å². The van der Waals surface area contributed by atoms with Crippen LogP contribution in [0, 0.1) is 5.82 Å². The average Bonchev–Trinajstić information content (AvgIpc) is 2.83. The van der Waals surface area contributed by atoms with E-state index in [9.17, 15) is 27.2 Å². The number of nitrogens with one attached hydrogen (secondary N) is 1. The second-order valence-electron chi connectivity index (χ2n) is 7.85. The number of carbonyl (C=O) groups excluding carboxylic acids is 2. The number of amides is 2. The van der Waals surface area contributed by atoms with Gasteiger partial charge in [0.05, 0.1) is 23.1 Å². The zero-order valence-electron chi connectivity index (χ0n) is 19.8. The minimum atomic E-state index is -4.70. The van der Waals surface area contributed by atoms with Gasteiger partial charge in [-0.25, -0.2) is 4.39 Å². The van der Waals surface area contributed by atoms with E-state index in [-0.39, 0.29) is 66.3 Å². The van der Waals surface area contributed by atoms with Crippen LogP contribution in [0.5, 0.6) is 5.75 Å². The van der Waals surface area contributed by atoms with E-state index >= 15 is 0 Å². The number of hydrogen-bond donors (Lipinski definition) is 2. The Morgan fingerprint density at radius 2 is 1.79 bits per heavy atom. The number of nitrogens with zero attached hydrogens (tertiary/aromatic N) is 1. The Hall–Kier alpha value is -2.42. The van der Waals surface area contributed by atoms with Crippen LogP contribution < -0.4 is 10.1 Å². The van der Waals surface area contributed by atoms with Crippen molar-refractivity contribution < 1.29 is 64.3 Å². The first-order chi connectivity index (χ1) is 17.4. The maximum Gasteiger partial charge on any atom is 0.422 e. The Morgan fingerprint density at radius 3 is 2.42 bits per heavy atom. The Labute approximate surface area is 245 Å². The number of carbonyl (C=O) groups is 2. The molecule has 38 heavy (non-hydrogen) atoms. The summed E-state index contributed by atoms with van der Waals surface area (Å²) in [7, 11) is 0.